The van der Waals surface area contributed by atoms with E-state index in [-0.39, 0.29) is 0 Å². The third-order valence-corrected chi connectivity index (χ3v) is 3.59. The molecule has 0 amide bonds. The predicted molar refractivity (Wildman–Crippen MR) is 152 cm³/mol. The predicted octanol–water partition coefficient (Wildman–Crippen LogP) is 11.0. The first-order valence-electron chi connectivity index (χ1n) is 11.9. The van der Waals surface area contributed by atoms with E-state index < -0.39 is 0 Å². The molecule has 0 fully saturated rings. The van der Waals surface area contributed by atoms with Crippen LogP contribution in [-0.2, 0) is 0 Å². The normalized spacial score (nSPS) is 8.48. The lowest BCUT2D eigenvalue weighted by Crippen LogP contribution is -1.95. The Morgan fingerprint density at radius 2 is 1.26 bits per heavy atom. The third kappa shape index (κ3) is 47.2. The lowest BCUT2D eigenvalue weighted by molar-refractivity contribution is 0.544. The van der Waals surface area contributed by atoms with Gasteiger partial charge in [0.05, 0.1) is 0 Å². The molecule has 180 valence electrons. The zero-order valence-corrected chi connectivity index (χ0v) is 22.7. The van der Waals surface area contributed by atoms with Gasteiger partial charge in [0, 0.05) is 17.8 Å². The minimum absolute atomic E-state index is 0.880. The number of anilines is 1. The van der Waals surface area contributed by atoms with E-state index in [4.69, 9.17) is 0 Å². The number of hydrogen-bond donors (Lipinski definition) is 1. The van der Waals surface area contributed by atoms with E-state index in [1.54, 1.807) is 12.2 Å². The molecule has 0 unspecified atom stereocenters. The average Bonchev–Trinajstić information content (AvgIpc) is 2.86. The van der Waals surface area contributed by atoms with Crippen molar-refractivity contribution in [1.82, 2.24) is 0 Å². The minimum atomic E-state index is 0.880. The number of benzene rings is 1. The van der Waals surface area contributed by atoms with Crippen LogP contribution in [0.1, 0.15) is 88.5 Å². The fourth-order valence-corrected chi connectivity index (χ4v) is 1.33. The molecule has 1 aromatic carbocycles. The van der Waals surface area contributed by atoms with E-state index in [1.807, 2.05) is 97.0 Å². The molecular weight excluding hydrogens is 374 g/mol. The molecule has 0 atom stereocenters. The summed E-state index contributed by atoms with van der Waals surface area (Å²) in [6.45, 7) is 31.4. The number of para-hydroxylation sites is 1. The van der Waals surface area contributed by atoms with Crippen LogP contribution in [0.25, 0.3) is 0 Å². The van der Waals surface area contributed by atoms with Crippen LogP contribution in [0.15, 0.2) is 92.2 Å². The van der Waals surface area contributed by atoms with Gasteiger partial charge >= 0.3 is 0 Å². The van der Waals surface area contributed by atoms with Gasteiger partial charge in [-0.05, 0) is 38.8 Å². The Bertz CT molecular complexity index is 480. The van der Waals surface area contributed by atoms with Gasteiger partial charge in [-0.1, -0.05) is 136 Å². The first-order valence-corrected chi connectivity index (χ1v) is 11.9. The van der Waals surface area contributed by atoms with E-state index in [1.165, 1.54) is 12.8 Å². The molecule has 1 rings (SSSR count). The van der Waals surface area contributed by atoms with Crippen molar-refractivity contribution >= 4 is 5.69 Å². The number of allylic oxidation sites excluding steroid dienone is 6. The van der Waals surface area contributed by atoms with Gasteiger partial charge in [0.2, 0.25) is 0 Å². The molecule has 0 heterocycles. The smallest absolute Gasteiger partial charge is 0.0381 e. The highest BCUT2D eigenvalue weighted by atomic mass is 14.9. The first kappa shape index (κ1) is 39.2. The summed E-state index contributed by atoms with van der Waals surface area (Å²) in [5, 5.41) is 3.23. The SMILES string of the molecule is C/C=C/C.C=C(CC=CC)Nc1ccccc1.C=CC=C.CC.CC.CCC(C)CC. The van der Waals surface area contributed by atoms with E-state index in [9.17, 15) is 0 Å². The lowest BCUT2D eigenvalue weighted by atomic mass is 10.1. The van der Waals surface area contributed by atoms with Crippen LogP contribution in [-0.4, -0.2) is 0 Å². The van der Waals surface area contributed by atoms with Crippen molar-refractivity contribution in [3.05, 3.63) is 92.2 Å². The fourth-order valence-electron chi connectivity index (χ4n) is 1.33. The van der Waals surface area contributed by atoms with Crippen molar-refractivity contribution in [3.63, 3.8) is 0 Å². The molecule has 0 radical (unpaired) electrons. The van der Waals surface area contributed by atoms with Crippen LogP contribution in [0.2, 0.25) is 0 Å². The number of rotatable bonds is 7. The number of hydrogen-bond acceptors (Lipinski definition) is 1. The van der Waals surface area contributed by atoms with E-state index in [0.717, 1.165) is 23.7 Å². The van der Waals surface area contributed by atoms with E-state index >= 15 is 0 Å². The standard InChI is InChI=1S/C12H15N.C6H14.C4H8.C4H6.2C2H6/c1-3-4-8-11(2)13-12-9-6-5-7-10-12;1-4-6(3)5-2;2*1-3-4-2;2*1-2/h3-7,9-10,13H,2,8H2,1H3;6H,4-5H2,1-3H3;3-4H,1-2H3;3-4H,1-2H2;2*1-2H3/b;;4-3+;;;. The highest BCUT2D eigenvalue weighted by Gasteiger charge is 1.91. The molecule has 1 heteroatoms. The minimum Gasteiger partial charge on any atom is -0.359 e. The maximum Gasteiger partial charge on any atom is 0.0381 e. The van der Waals surface area contributed by atoms with Crippen molar-refractivity contribution < 1.29 is 0 Å². The summed E-state index contributed by atoms with van der Waals surface area (Å²) >= 11 is 0. The second kappa shape index (κ2) is 42.0. The molecular formula is C30H55N. The Labute approximate surface area is 197 Å². The van der Waals surface area contributed by atoms with Crippen molar-refractivity contribution in [2.45, 2.75) is 88.5 Å². The Morgan fingerprint density at radius 3 is 1.52 bits per heavy atom. The summed E-state index contributed by atoms with van der Waals surface area (Å²) in [6.07, 6.45) is 14.9. The molecule has 1 nitrogen and oxygen atoms in total. The average molecular weight is 430 g/mol. The maximum atomic E-state index is 3.93. The van der Waals surface area contributed by atoms with Gasteiger partial charge in [0.1, 0.15) is 0 Å². The van der Waals surface area contributed by atoms with Crippen molar-refractivity contribution in [1.29, 1.82) is 0 Å². The third-order valence-electron chi connectivity index (χ3n) is 3.59. The summed E-state index contributed by atoms with van der Waals surface area (Å²) in [7, 11) is 0. The molecule has 1 N–H and O–H groups in total. The van der Waals surface area contributed by atoms with Crippen molar-refractivity contribution in [2.75, 3.05) is 5.32 Å². The quantitative estimate of drug-likeness (QED) is 0.335. The van der Waals surface area contributed by atoms with E-state index in [2.05, 4.69) is 51.9 Å². The van der Waals surface area contributed by atoms with Gasteiger partial charge < -0.3 is 5.32 Å². The van der Waals surface area contributed by atoms with Gasteiger partial charge in [0.25, 0.3) is 0 Å². The summed E-state index contributed by atoms with van der Waals surface area (Å²) < 4.78 is 0. The molecule has 0 aliphatic rings. The van der Waals surface area contributed by atoms with Gasteiger partial charge in [-0.15, -0.1) is 0 Å². The molecule has 0 saturated carbocycles. The molecule has 0 spiro atoms. The molecule has 0 saturated heterocycles. The highest BCUT2D eigenvalue weighted by Crippen LogP contribution is 2.09. The highest BCUT2D eigenvalue weighted by molar-refractivity contribution is 5.47. The zero-order chi connectivity index (χ0) is 25.3. The zero-order valence-electron chi connectivity index (χ0n) is 22.7. The Balaban J connectivity index is -0.000000105. The fraction of sp³-hybridized carbons (Fsp3) is 0.467. The van der Waals surface area contributed by atoms with Crippen LogP contribution in [0.4, 0.5) is 5.69 Å². The summed E-state index contributed by atoms with van der Waals surface area (Å²) in [5.74, 6) is 0.935. The maximum absolute atomic E-state index is 3.93. The van der Waals surface area contributed by atoms with Crippen LogP contribution in [0.5, 0.6) is 0 Å². The second-order valence-corrected chi connectivity index (χ2v) is 5.93. The van der Waals surface area contributed by atoms with Crippen LogP contribution >= 0.6 is 0 Å². The topological polar surface area (TPSA) is 12.0 Å². The molecule has 0 aromatic heterocycles. The molecule has 0 aliphatic carbocycles. The van der Waals surface area contributed by atoms with Crippen LogP contribution < -0.4 is 5.32 Å². The van der Waals surface area contributed by atoms with Crippen LogP contribution in [0.3, 0.4) is 0 Å². The Morgan fingerprint density at radius 1 is 0.839 bits per heavy atom. The Hall–Kier alpha value is -2.28. The molecule has 0 bridgehead atoms. The molecule has 31 heavy (non-hydrogen) atoms. The van der Waals surface area contributed by atoms with Crippen LogP contribution in [0, 0.1) is 5.92 Å². The van der Waals surface area contributed by atoms with E-state index in [0.29, 0.717) is 0 Å². The lowest BCUT2D eigenvalue weighted by Gasteiger charge is -2.06. The largest absolute Gasteiger partial charge is 0.359 e. The Kier molecular flexibility index (Phi) is 53.1. The van der Waals surface area contributed by atoms with Crippen molar-refractivity contribution in [3.8, 4) is 0 Å². The molecule has 1 aromatic rings. The van der Waals surface area contributed by atoms with Gasteiger partial charge in [-0.3, -0.25) is 0 Å². The summed E-state index contributed by atoms with van der Waals surface area (Å²) in [4.78, 5) is 0. The summed E-state index contributed by atoms with van der Waals surface area (Å²) in [6, 6.07) is 10.1. The monoisotopic (exact) mass is 429 g/mol. The first-order chi connectivity index (χ1) is 15.0. The second-order valence-electron chi connectivity index (χ2n) is 5.93. The van der Waals surface area contributed by atoms with Gasteiger partial charge in [-0.2, -0.15) is 0 Å². The van der Waals surface area contributed by atoms with Gasteiger partial charge in [-0.25, -0.2) is 0 Å². The molecule has 0 aliphatic heterocycles. The van der Waals surface area contributed by atoms with Crippen molar-refractivity contribution in [2.24, 2.45) is 5.92 Å². The summed E-state index contributed by atoms with van der Waals surface area (Å²) in [5.41, 5.74) is 2.11. The van der Waals surface area contributed by atoms with Gasteiger partial charge in [0.15, 0.2) is 0 Å². The number of nitrogens with one attached hydrogen (secondary N) is 1.